The molecule has 0 aromatic rings. The summed E-state index contributed by atoms with van der Waals surface area (Å²) in [7, 11) is -0.818. The molecule has 64 valence electrons. The Labute approximate surface area is 86.0 Å². The van der Waals surface area contributed by atoms with Crippen LogP contribution in [0.3, 0.4) is 0 Å². The molecule has 0 fully saturated rings. The van der Waals surface area contributed by atoms with Crippen LogP contribution in [0.4, 0.5) is 0 Å². The molecule has 0 radical (unpaired) electrons. The summed E-state index contributed by atoms with van der Waals surface area (Å²) in [4.78, 5) is 0. The van der Waals surface area contributed by atoms with E-state index in [0.29, 0.717) is 0 Å². The summed E-state index contributed by atoms with van der Waals surface area (Å²) >= 11 is 0. The van der Waals surface area contributed by atoms with E-state index in [0.717, 1.165) is 0 Å². The second kappa shape index (κ2) is 7.42. The van der Waals surface area contributed by atoms with Gasteiger partial charge in [0.25, 0.3) is 0 Å². The van der Waals surface area contributed by atoms with Gasteiger partial charge in [0.15, 0.2) is 0 Å². The quantitative estimate of drug-likeness (QED) is 0.425. The molecule has 1 nitrogen and oxygen atoms in total. The van der Waals surface area contributed by atoms with Crippen LogP contribution < -0.4 is 24.2 Å². The van der Waals surface area contributed by atoms with E-state index in [1.165, 1.54) is 25.6 Å². The first kappa shape index (κ1) is 14.3. The average molecular weight is 167 g/mol. The molecule has 0 spiro atoms. The molecule has 0 aromatic carbocycles. The maximum Gasteiger partial charge on any atom is 1.00 e. The molecule has 0 aromatic heterocycles. The summed E-state index contributed by atoms with van der Waals surface area (Å²) in [5.74, 6) is 0. The molecule has 0 amide bonds. The van der Waals surface area contributed by atoms with Gasteiger partial charge < -0.3 is 6.74 Å². The molecule has 11 heavy (non-hydrogen) atoms. The van der Waals surface area contributed by atoms with E-state index in [1.54, 1.807) is 0 Å². The van der Waals surface area contributed by atoms with Crippen LogP contribution >= 0.6 is 0 Å². The molecule has 0 saturated carbocycles. The van der Waals surface area contributed by atoms with Crippen molar-refractivity contribution in [2.45, 2.75) is 39.4 Å². The van der Waals surface area contributed by atoms with Crippen LogP contribution in [0.25, 0.3) is 0 Å². The molecule has 0 unspecified atom stereocenters. The van der Waals surface area contributed by atoms with Crippen molar-refractivity contribution >= 4 is 8.07 Å². The van der Waals surface area contributed by atoms with Crippen molar-refractivity contribution in [2.24, 2.45) is 0 Å². The average Bonchev–Trinajstić information content (AvgIpc) is 1.78. The molecule has 0 atom stereocenters. The normalized spacial score (nSPS) is 10.9. The number of hydrogen-bond donors (Lipinski definition) is 1. The first-order valence-electron chi connectivity index (χ1n) is 4.27. The minimum atomic E-state index is -0.818. The van der Waals surface area contributed by atoms with Gasteiger partial charge >= 0.3 is 18.9 Å². The third kappa shape index (κ3) is 13.7. The molecular weight excluding hydrogens is 145 g/mol. The molecule has 0 aliphatic heterocycles. The van der Waals surface area contributed by atoms with Crippen LogP contribution in [0, 0.1) is 0 Å². The van der Waals surface area contributed by atoms with E-state index < -0.39 is 8.07 Å². The molecule has 0 aliphatic rings. The van der Waals surface area contributed by atoms with Gasteiger partial charge in [-0.25, -0.2) is 0 Å². The summed E-state index contributed by atoms with van der Waals surface area (Å²) in [6.07, 6.45) is 3.90. The summed E-state index contributed by atoms with van der Waals surface area (Å²) in [5, 5.41) is 3.49. The summed E-state index contributed by atoms with van der Waals surface area (Å²) in [6, 6.07) is 0. The van der Waals surface area contributed by atoms with Crippen molar-refractivity contribution in [3.05, 3.63) is 0 Å². The van der Waals surface area contributed by atoms with Crippen molar-refractivity contribution in [3.63, 3.8) is 0 Å². The fraction of sp³-hybridized carbons (Fsp3) is 1.00. The zero-order valence-corrected chi connectivity index (χ0v) is 9.83. The van der Waals surface area contributed by atoms with Crippen molar-refractivity contribution in [1.29, 1.82) is 0 Å². The van der Waals surface area contributed by atoms with E-state index in [9.17, 15) is 0 Å². The van der Waals surface area contributed by atoms with Gasteiger partial charge in [0, 0.05) is 0 Å². The van der Waals surface area contributed by atoms with E-state index >= 15 is 0 Å². The number of rotatable bonds is 5. The molecule has 0 saturated heterocycles. The second-order valence-corrected chi connectivity index (χ2v) is 9.57. The van der Waals surface area contributed by atoms with E-state index in [2.05, 4.69) is 31.9 Å². The van der Waals surface area contributed by atoms with Crippen molar-refractivity contribution < 1.29 is 20.3 Å². The topological polar surface area (TPSA) is 12.0 Å². The Morgan fingerprint density at radius 3 is 2.18 bits per heavy atom. The Morgan fingerprint density at radius 1 is 1.27 bits per heavy atom. The van der Waals surface area contributed by atoms with Crippen LogP contribution in [-0.4, -0.2) is 20.8 Å². The van der Waals surface area contributed by atoms with Gasteiger partial charge in [0.2, 0.25) is 0 Å². The van der Waals surface area contributed by atoms with Gasteiger partial charge in [-0.05, 0) is 19.1 Å². The predicted molar refractivity (Wildman–Crippen MR) is 52.2 cm³/mol. The SMILES string of the molecule is CCCCNC[Si](C)(C)C.[H-].[Li+]. The molecule has 3 heteroatoms. The Hall–Kier alpha value is 0.774. The van der Waals surface area contributed by atoms with Gasteiger partial charge in [0.05, 0.1) is 8.07 Å². The minimum Gasteiger partial charge on any atom is -1.00 e. The van der Waals surface area contributed by atoms with Crippen molar-refractivity contribution in [1.82, 2.24) is 5.32 Å². The molecule has 1 N–H and O–H groups in total. The standard InChI is InChI=1S/C8H21NSi.Li.H/c1-5-6-7-9-8-10(2,3)4;;/h9H,5-8H2,1-4H3;;/q;+1;-1. The van der Waals surface area contributed by atoms with Crippen LogP contribution in [0.1, 0.15) is 21.2 Å². The first-order chi connectivity index (χ1) is 4.56. The molecule has 0 bridgehead atoms. The maximum absolute atomic E-state index is 3.49. The summed E-state index contributed by atoms with van der Waals surface area (Å²) < 4.78 is 0. The largest absolute Gasteiger partial charge is 1.00 e. The molecule has 0 rings (SSSR count). The zero-order chi connectivity index (χ0) is 8.04. The molecule has 0 aliphatic carbocycles. The number of nitrogens with one attached hydrogen (secondary N) is 1. The smallest absolute Gasteiger partial charge is 1.00 e. The van der Waals surface area contributed by atoms with Crippen LogP contribution in [0.5, 0.6) is 0 Å². The molecular formula is C8H22LiNSi. The summed E-state index contributed by atoms with van der Waals surface area (Å²) in [5.41, 5.74) is 0. The minimum absolute atomic E-state index is 0. The van der Waals surface area contributed by atoms with Gasteiger partial charge in [0.1, 0.15) is 0 Å². The Morgan fingerprint density at radius 2 is 1.82 bits per heavy atom. The summed E-state index contributed by atoms with van der Waals surface area (Å²) in [6.45, 7) is 10.6. The monoisotopic (exact) mass is 167 g/mol. The van der Waals surface area contributed by atoms with Crippen molar-refractivity contribution in [3.8, 4) is 0 Å². The fourth-order valence-electron chi connectivity index (χ4n) is 0.765. The van der Waals surface area contributed by atoms with Crippen LogP contribution in [-0.2, 0) is 0 Å². The second-order valence-electron chi connectivity index (χ2n) is 4.09. The fourth-order valence-corrected chi connectivity index (χ4v) is 1.69. The number of hydrogen-bond acceptors (Lipinski definition) is 1. The maximum atomic E-state index is 3.49. The Balaban J connectivity index is -0.000000405. The number of unbranched alkanes of at least 4 members (excludes halogenated alkanes) is 1. The van der Waals surface area contributed by atoms with Gasteiger partial charge in [-0.3, -0.25) is 0 Å². The first-order valence-corrected chi connectivity index (χ1v) is 7.97. The zero-order valence-electron chi connectivity index (χ0n) is 9.83. The Kier molecular flexibility index (Phi) is 9.66. The van der Waals surface area contributed by atoms with E-state index in [4.69, 9.17) is 0 Å². The van der Waals surface area contributed by atoms with E-state index in [1.807, 2.05) is 0 Å². The van der Waals surface area contributed by atoms with Crippen molar-refractivity contribution in [2.75, 3.05) is 12.7 Å². The van der Waals surface area contributed by atoms with Crippen LogP contribution in [0.15, 0.2) is 0 Å². The van der Waals surface area contributed by atoms with Gasteiger partial charge in [-0.15, -0.1) is 0 Å². The van der Waals surface area contributed by atoms with Crippen LogP contribution in [0.2, 0.25) is 19.6 Å². The third-order valence-corrected chi connectivity index (χ3v) is 2.67. The third-order valence-electron chi connectivity index (χ3n) is 1.36. The van der Waals surface area contributed by atoms with Gasteiger partial charge in [-0.2, -0.15) is 0 Å². The van der Waals surface area contributed by atoms with Gasteiger partial charge in [-0.1, -0.05) is 33.0 Å². The Bertz CT molecular complexity index is 85.6. The molecule has 0 heterocycles. The predicted octanol–water partition coefficient (Wildman–Crippen LogP) is -0.630. The van der Waals surface area contributed by atoms with E-state index in [-0.39, 0.29) is 20.3 Å².